The van der Waals surface area contributed by atoms with E-state index in [1.807, 2.05) is 6.92 Å². The van der Waals surface area contributed by atoms with E-state index >= 15 is 0 Å². The summed E-state index contributed by atoms with van der Waals surface area (Å²) >= 11 is 0. The number of carbonyl (C=O) groups is 1. The second-order valence-electron chi connectivity index (χ2n) is 6.37. The van der Waals surface area contributed by atoms with E-state index in [0.29, 0.717) is 18.0 Å². The molecule has 1 aliphatic heterocycles. The number of nitrogens with two attached hydrogens (primary N) is 1. The summed E-state index contributed by atoms with van der Waals surface area (Å²) < 4.78 is 16.4. The molecule has 2 rings (SSSR count). The molecule has 152 valence electrons. The van der Waals surface area contributed by atoms with Gasteiger partial charge < -0.3 is 40.6 Å². The molecule has 0 aliphatic carbocycles. The van der Waals surface area contributed by atoms with Crippen LogP contribution in [0.3, 0.4) is 0 Å². The molecule has 0 radical (unpaired) electrons. The zero-order valence-electron chi connectivity index (χ0n) is 15.3. The first kappa shape index (κ1) is 21.4. The maximum Gasteiger partial charge on any atom is 0.246 e. The van der Waals surface area contributed by atoms with Crippen molar-refractivity contribution in [2.75, 3.05) is 25.5 Å². The van der Waals surface area contributed by atoms with Gasteiger partial charge in [-0.2, -0.15) is 0 Å². The van der Waals surface area contributed by atoms with Crippen LogP contribution in [0.4, 0.5) is 5.69 Å². The van der Waals surface area contributed by atoms with Crippen LogP contribution in [0.5, 0.6) is 5.75 Å². The lowest BCUT2D eigenvalue weighted by Crippen LogP contribution is -2.61. The molecule has 0 spiro atoms. The summed E-state index contributed by atoms with van der Waals surface area (Å²) in [7, 11) is 0. The number of anilines is 1. The number of hydrogen-bond acceptors (Lipinski definition) is 8. The smallest absolute Gasteiger partial charge is 0.246 e. The molecule has 0 bridgehead atoms. The van der Waals surface area contributed by atoms with Crippen LogP contribution in [-0.4, -0.2) is 71.7 Å². The van der Waals surface area contributed by atoms with Crippen molar-refractivity contribution in [1.82, 2.24) is 5.32 Å². The highest BCUT2D eigenvalue weighted by Gasteiger charge is 2.46. The summed E-state index contributed by atoms with van der Waals surface area (Å²) in [4.78, 5) is 11.8. The SMILES string of the molecule is CCCCNC(=O)CO[C@H]1[C@@H](O)[C@@H](CO)O[C@H](Oc2ccc(N)cc2)[C@@H]1O. The number of rotatable bonds is 9. The second kappa shape index (κ2) is 10.4. The highest BCUT2D eigenvalue weighted by atomic mass is 16.7. The van der Waals surface area contributed by atoms with Gasteiger partial charge in [0, 0.05) is 12.2 Å². The third kappa shape index (κ3) is 6.05. The van der Waals surface area contributed by atoms with Gasteiger partial charge in [-0.15, -0.1) is 0 Å². The molecule has 1 aromatic carbocycles. The standard InChI is InChI=1S/C18H28N2O7/c1-2-3-8-20-14(22)10-25-17-15(23)13(9-21)27-18(16(17)24)26-12-6-4-11(19)5-7-12/h4-7,13,15-18,21,23-24H,2-3,8-10,19H2,1H3,(H,20,22)/t13-,15+,16-,17+,18+/m1/s1. The first-order valence-electron chi connectivity index (χ1n) is 8.99. The number of amides is 1. The van der Waals surface area contributed by atoms with Gasteiger partial charge in [-0.25, -0.2) is 0 Å². The van der Waals surface area contributed by atoms with Crippen molar-refractivity contribution in [3.05, 3.63) is 24.3 Å². The Kier molecular flexibility index (Phi) is 8.26. The number of aliphatic hydroxyl groups is 3. The van der Waals surface area contributed by atoms with Gasteiger partial charge >= 0.3 is 0 Å². The van der Waals surface area contributed by atoms with E-state index in [4.69, 9.17) is 19.9 Å². The van der Waals surface area contributed by atoms with E-state index in [9.17, 15) is 20.1 Å². The van der Waals surface area contributed by atoms with Crippen LogP contribution in [0.15, 0.2) is 24.3 Å². The Morgan fingerprint density at radius 3 is 2.59 bits per heavy atom. The van der Waals surface area contributed by atoms with E-state index in [2.05, 4.69) is 5.32 Å². The fraction of sp³-hybridized carbons (Fsp3) is 0.611. The van der Waals surface area contributed by atoms with Crippen LogP contribution in [0.2, 0.25) is 0 Å². The Bertz CT molecular complexity index is 584. The summed E-state index contributed by atoms with van der Waals surface area (Å²) in [6.45, 7) is 1.70. The highest BCUT2D eigenvalue weighted by molar-refractivity contribution is 5.77. The van der Waals surface area contributed by atoms with Gasteiger partial charge in [0.2, 0.25) is 12.2 Å². The van der Waals surface area contributed by atoms with Crippen molar-refractivity contribution >= 4 is 11.6 Å². The number of unbranched alkanes of at least 4 members (excludes halogenated alkanes) is 1. The normalized spacial score (nSPS) is 27.9. The first-order valence-corrected chi connectivity index (χ1v) is 8.99. The molecule has 0 unspecified atom stereocenters. The minimum Gasteiger partial charge on any atom is -0.462 e. The summed E-state index contributed by atoms with van der Waals surface area (Å²) in [5, 5.41) is 32.9. The monoisotopic (exact) mass is 384 g/mol. The van der Waals surface area contributed by atoms with Crippen molar-refractivity contribution in [3.8, 4) is 5.75 Å². The summed E-state index contributed by atoms with van der Waals surface area (Å²) in [5.41, 5.74) is 6.17. The van der Waals surface area contributed by atoms with Gasteiger partial charge in [0.15, 0.2) is 0 Å². The fourth-order valence-electron chi connectivity index (χ4n) is 2.66. The number of nitrogens with one attached hydrogen (secondary N) is 1. The van der Waals surface area contributed by atoms with Crippen molar-refractivity contribution in [2.24, 2.45) is 0 Å². The molecule has 1 heterocycles. The molecule has 9 nitrogen and oxygen atoms in total. The summed E-state index contributed by atoms with van der Waals surface area (Å²) in [5.74, 6) is 0.0308. The number of nitrogen functional groups attached to an aromatic ring is 1. The maximum atomic E-state index is 11.8. The molecule has 0 aromatic heterocycles. The summed E-state index contributed by atoms with van der Waals surface area (Å²) in [6, 6.07) is 6.44. The average Bonchev–Trinajstić information content (AvgIpc) is 2.66. The van der Waals surface area contributed by atoms with Gasteiger partial charge in [0.25, 0.3) is 0 Å². The third-order valence-corrected chi connectivity index (χ3v) is 4.21. The van der Waals surface area contributed by atoms with E-state index in [-0.39, 0.29) is 12.5 Å². The average molecular weight is 384 g/mol. The zero-order chi connectivity index (χ0) is 19.8. The van der Waals surface area contributed by atoms with Gasteiger partial charge in [0.1, 0.15) is 36.8 Å². The van der Waals surface area contributed by atoms with Crippen LogP contribution in [0.1, 0.15) is 19.8 Å². The Balaban J connectivity index is 1.99. The van der Waals surface area contributed by atoms with Crippen LogP contribution in [-0.2, 0) is 14.3 Å². The second-order valence-corrected chi connectivity index (χ2v) is 6.37. The maximum absolute atomic E-state index is 11.8. The molecule has 1 aromatic rings. The summed E-state index contributed by atoms with van der Waals surface area (Å²) in [6.07, 6.45) is -4.28. The van der Waals surface area contributed by atoms with Crippen molar-refractivity contribution in [2.45, 2.75) is 50.5 Å². The number of benzene rings is 1. The van der Waals surface area contributed by atoms with Crippen LogP contribution >= 0.6 is 0 Å². The fourth-order valence-corrected chi connectivity index (χ4v) is 2.66. The van der Waals surface area contributed by atoms with E-state index in [1.54, 1.807) is 24.3 Å². The number of hydrogen-bond donors (Lipinski definition) is 5. The molecular weight excluding hydrogens is 356 g/mol. The Labute approximate surface area is 158 Å². The third-order valence-electron chi connectivity index (χ3n) is 4.21. The van der Waals surface area contributed by atoms with Gasteiger partial charge in [-0.1, -0.05) is 13.3 Å². The molecule has 1 aliphatic rings. The van der Waals surface area contributed by atoms with Gasteiger partial charge in [-0.05, 0) is 30.7 Å². The van der Waals surface area contributed by atoms with Crippen LogP contribution < -0.4 is 15.8 Å². The molecule has 1 saturated heterocycles. The number of aliphatic hydroxyl groups excluding tert-OH is 3. The van der Waals surface area contributed by atoms with Crippen molar-refractivity contribution in [1.29, 1.82) is 0 Å². The lowest BCUT2D eigenvalue weighted by molar-refractivity contribution is -0.284. The first-order chi connectivity index (χ1) is 13.0. The topological polar surface area (TPSA) is 144 Å². The van der Waals surface area contributed by atoms with Crippen molar-refractivity contribution < 1.29 is 34.3 Å². The van der Waals surface area contributed by atoms with E-state index < -0.39 is 37.3 Å². The molecule has 6 N–H and O–H groups in total. The lowest BCUT2D eigenvalue weighted by atomic mass is 9.99. The Morgan fingerprint density at radius 2 is 1.96 bits per heavy atom. The van der Waals surface area contributed by atoms with Gasteiger partial charge in [0.05, 0.1) is 6.61 Å². The van der Waals surface area contributed by atoms with Gasteiger partial charge in [-0.3, -0.25) is 4.79 Å². The Hall–Kier alpha value is -1.91. The highest BCUT2D eigenvalue weighted by Crippen LogP contribution is 2.26. The number of carbonyl (C=O) groups excluding carboxylic acids is 1. The van der Waals surface area contributed by atoms with E-state index in [1.165, 1.54) is 0 Å². The lowest BCUT2D eigenvalue weighted by Gasteiger charge is -2.41. The predicted molar refractivity (Wildman–Crippen MR) is 96.9 cm³/mol. The largest absolute Gasteiger partial charge is 0.462 e. The molecule has 1 amide bonds. The molecule has 27 heavy (non-hydrogen) atoms. The van der Waals surface area contributed by atoms with E-state index in [0.717, 1.165) is 12.8 Å². The minimum absolute atomic E-state index is 0.338. The predicted octanol–water partition coefficient (Wildman–Crippen LogP) is -0.612. The molecule has 1 fully saturated rings. The van der Waals surface area contributed by atoms with Crippen molar-refractivity contribution in [3.63, 3.8) is 0 Å². The van der Waals surface area contributed by atoms with Crippen LogP contribution in [0.25, 0.3) is 0 Å². The molecule has 9 heteroatoms. The zero-order valence-corrected chi connectivity index (χ0v) is 15.3. The van der Waals surface area contributed by atoms with Crippen LogP contribution in [0, 0.1) is 0 Å². The Morgan fingerprint density at radius 1 is 1.26 bits per heavy atom. The number of ether oxygens (including phenoxy) is 3. The quantitative estimate of drug-likeness (QED) is 0.280. The molecule has 0 saturated carbocycles. The molecule has 5 atom stereocenters. The minimum atomic E-state index is -1.37. The molecular formula is C18H28N2O7.